The van der Waals surface area contributed by atoms with Crippen LogP contribution in [-0.4, -0.2) is 29.7 Å². The SMILES string of the molecule is O=C(COCc1ccccc1)N1CCSC1c1ccc(Br)cc1. The van der Waals surface area contributed by atoms with Crippen molar-refractivity contribution in [3.8, 4) is 0 Å². The van der Waals surface area contributed by atoms with Crippen molar-refractivity contribution in [2.45, 2.75) is 12.0 Å². The topological polar surface area (TPSA) is 29.5 Å². The van der Waals surface area contributed by atoms with Gasteiger partial charge in [0, 0.05) is 16.8 Å². The third kappa shape index (κ3) is 4.37. The maximum absolute atomic E-state index is 12.5. The number of thioether (sulfide) groups is 1. The van der Waals surface area contributed by atoms with Gasteiger partial charge in [-0.25, -0.2) is 0 Å². The van der Waals surface area contributed by atoms with E-state index in [1.54, 1.807) is 11.8 Å². The number of carbonyl (C=O) groups is 1. The highest BCUT2D eigenvalue weighted by Gasteiger charge is 2.30. The van der Waals surface area contributed by atoms with Crippen LogP contribution in [0.3, 0.4) is 0 Å². The number of nitrogens with zero attached hydrogens (tertiary/aromatic N) is 1. The normalized spacial score (nSPS) is 17.4. The average molecular weight is 392 g/mol. The van der Waals surface area contributed by atoms with Crippen LogP contribution in [0.25, 0.3) is 0 Å². The number of ether oxygens (including phenoxy) is 1. The number of rotatable bonds is 5. The molecule has 1 saturated heterocycles. The minimum atomic E-state index is 0.0545. The Morgan fingerprint density at radius 1 is 1.17 bits per heavy atom. The maximum atomic E-state index is 12.5. The highest BCUT2D eigenvalue weighted by atomic mass is 79.9. The Kier molecular flexibility index (Phi) is 5.75. The molecule has 23 heavy (non-hydrogen) atoms. The van der Waals surface area contributed by atoms with E-state index in [1.165, 1.54) is 0 Å². The molecule has 0 aromatic heterocycles. The van der Waals surface area contributed by atoms with Gasteiger partial charge in [-0.3, -0.25) is 4.79 Å². The summed E-state index contributed by atoms with van der Waals surface area (Å²) in [6.07, 6.45) is 0. The lowest BCUT2D eigenvalue weighted by molar-refractivity contribution is -0.136. The lowest BCUT2D eigenvalue weighted by atomic mass is 10.2. The van der Waals surface area contributed by atoms with E-state index in [1.807, 2.05) is 47.4 Å². The standard InChI is InChI=1S/C18H18BrNO2S/c19-16-8-6-15(7-9-16)18-20(10-11-23-18)17(21)13-22-12-14-4-2-1-3-5-14/h1-9,18H,10-13H2. The summed E-state index contributed by atoms with van der Waals surface area (Å²) < 4.78 is 6.64. The molecule has 1 heterocycles. The molecule has 0 spiro atoms. The van der Waals surface area contributed by atoms with Crippen molar-refractivity contribution in [3.63, 3.8) is 0 Å². The summed E-state index contributed by atoms with van der Waals surface area (Å²) in [7, 11) is 0. The second kappa shape index (κ2) is 7.99. The number of hydrogen-bond acceptors (Lipinski definition) is 3. The van der Waals surface area contributed by atoms with E-state index < -0.39 is 0 Å². The van der Waals surface area contributed by atoms with Crippen molar-refractivity contribution in [2.75, 3.05) is 18.9 Å². The Bertz CT molecular complexity index is 648. The molecule has 0 saturated carbocycles. The molecule has 3 rings (SSSR count). The molecule has 1 fully saturated rings. The van der Waals surface area contributed by atoms with E-state index in [0.29, 0.717) is 6.61 Å². The molecule has 0 radical (unpaired) electrons. The molecule has 120 valence electrons. The molecule has 1 amide bonds. The first kappa shape index (κ1) is 16.6. The summed E-state index contributed by atoms with van der Waals surface area (Å²) in [6.45, 7) is 1.37. The fourth-order valence-electron chi connectivity index (χ4n) is 2.54. The number of halogens is 1. The van der Waals surface area contributed by atoms with E-state index in [-0.39, 0.29) is 17.9 Å². The summed E-state index contributed by atoms with van der Waals surface area (Å²) in [6, 6.07) is 18.1. The highest BCUT2D eigenvalue weighted by molar-refractivity contribution is 9.10. The van der Waals surface area contributed by atoms with Crippen molar-refractivity contribution in [1.82, 2.24) is 4.90 Å². The first-order valence-corrected chi connectivity index (χ1v) is 9.36. The van der Waals surface area contributed by atoms with Gasteiger partial charge in [-0.1, -0.05) is 58.4 Å². The molecule has 1 unspecified atom stereocenters. The Balaban J connectivity index is 1.56. The molecule has 1 atom stereocenters. The first-order valence-electron chi connectivity index (χ1n) is 7.52. The molecule has 1 aliphatic rings. The third-order valence-corrected chi connectivity index (χ3v) is 5.49. The third-order valence-electron chi connectivity index (χ3n) is 3.70. The van der Waals surface area contributed by atoms with Gasteiger partial charge in [0.2, 0.25) is 5.91 Å². The van der Waals surface area contributed by atoms with Gasteiger partial charge in [-0.15, -0.1) is 11.8 Å². The van der Waals surface area contributed by atoms with Crippen LogP contribution >= 0.6 is 27.7 Å². The van der Waals surface area contributed by atoms with Gasteiger partial charge < -0.3 is 9.64 Å². The molecular weight excluding hydrogens is 374 g/mol. The Morgan fingerprint density at radius 2 is 1.91 bits per heavy atom. The summed E-state index contributed by atoms with van der Waals surface area (Å²) in [5.74, 6) is 1.02. The van der Waals surface area contributed by atoms with E-state index >= 15 is 0 Å². The average Bonchev–Trinajstić information content (AvgIpc) is 3.06. The number of amides is 1. The monoisotopic (exact) mass is 391 g/mol. The second-order valence-corrected chi connectivity index (χ2v) is 7.44. The zero-order chi connectivity index (χ0) is 16.1. The van der Waals surface area contributed by atoms with Crippen LogP contribution in [0.15, 0.2) is 59.1 Å². The van der Waals surface area contributed by atoms with Crippen LogP contribution in [0.4, 0.5) is 0 Å². The first-order chi connectivity index (χ1) is 11.2. The van der Waals surface area contributed by atoms with Crippen LogP contribution in [0.1, 0.15) is 16.5 Å². The van der Waals surface area contributed by atoms with Crippen LogP contribution in [0.5, 0.6) is 0 Å². The zero-order valence-corrected chi connectivity index (χ0v) is 15.1. The van der Waals surface area contributed by atoms with Gasteiger partial charge in [0.15, 0.2) is 0 Å². The van der Waals surface area contributed by atoms with Crippen molar-refractivity contribution in [1.29, 1.82) is 0 Å². The number of benzene rings is 2. The molecule has 5 heteroatoms. The lowest BCUT2D eigenvalue weighted by Gasteiger charge is -2.24. The fourth-order valence-corrected chi connectivity index (χ4v) is 4.08. The van der Waals surface area contributed by atoms with Crippen molar-refractivity contribution in [2.24, 2.45) is 0 Å². The van der Waals surface area contributed by atoms with E-state index in [0.717, 1.165) is 27.9 Å². The van der Waals surface area contributed by atoms with Gasteiger partial charge in [0.05, 0.1) is 6.61 Å². The van der Waals surface area contributed by atoms with Gasteiger partial charge in [-0.05, 0) is 23.3 Å². The summed E-state index contributed by atoms with van der Waals surface area (Å²) in [5, 5.41) is 0.0934. The largest absolute Gasteiger partial charge is 0.367 e. The van der Waals surface area contributed by atoms with E-state index in [9.17, 15) is 4.79 Å². The molecule has 1 aliphatic heterocycles. The van der Waals surface area contributed by atoms with Crippen LogP contribution in [-0.2, 0) is 16.1 Å². The summed E-state index contributed by atoms with van der Waals surface area (Å²) >= 11 is 5.25. The fraction of sp³-hybridized carbons (Fsp3) is 0.278. The van der Waals surface area contributed by atoms with Gasteiger partial charge in [0.1, 0.15) is 12.0 Å². The van der Waals surface area contributed by atoms with Gasteiger partial charge in [-0.2, -0.15) is 0 Å². The molecule has 3 nitrogen and oxygen atoms in total. The molecule has 0 N–H and O–H groups in total. The molecular formula is C18H18BrNO2S. The predicted octanol–water partition coefficient (Wildman–Crippen LogP) is 4.24. The number of carbonyl (C=O) groups excluding carboxylic acids is 1. The van der Waals surface area contributed by atoms with Crippen molar-refractivity contribution < 1.29 is 9.53 Å². The smallest absolute Gasteiger partial charge is 0.249 e. The van der Waals surface area contributed by atoms with Crippen LogP contribution in [0.2, 0.25) is 0 Å². The van der Waals surface area contributed by atoms with Crippen molar-refractivity contribution >= 4 is 33.6 Å². The highest BCUT2D eigenvalue weighted by Crippen LogP contribution is 2.38. The molecule has 2 aromatic rings. The molecule has 0 aliphatic carbocycles. The minimum absolute atomic E-state index is 0.0545. The summed E-state index contributed by atoms with van der Waals surface area (Å²) in [4.78, 5) is 14.4. The zero-order valence-electron chi connectivity index (χ0n) is 12.7. The van der Waals surface area contributed by atoms with E-state index in [4.69, 9.17) is 4.74 Å². The quantitative estimate of drug-likeness (QED) is 0.763. The Morgan fingerprint density at radius 3 is 2.65 bits per heavy atom. The Labute approximate surface area is 149 Å². The predicted molar refractivity (Wildman–Crippen MR) is 97.2 cm³/mol. The maximum Gasteiger partial charge on any atom is 0.249 e. The number of hydrogen-bond donors (Lipinski definition) is 0. The Hall–Kier alpha value is -1.30. The summed E-state index contributed by atoms with van der Waals surface area (Å²) in [5.41, 5.74) is 2.24. The molecule has 2 aromatic carbocycles. The second-order valence-electron chi connectivity index (χ2n) is 5.34. The molecule has 0 bridgehead atoms. The van der Waals surface area contributed by atoms with Gasteiger partial charge >= 0.3 is 0 Å². The van der Waals surface area contributed by atoms with Crippen molar-refractivity contribution in [3.05, 3.63) is 70.2 Å². The van der Waals surface area contributed by atoms with Crippen LogP contribution < -0.4 is 0 Å². The van der Waals surface area contributed by atoms with Crippen LogP contribution in [0, 0.1) is 0 Å². The van der Waals surface area contributed by atoms with Gasteiger partial charge in [0.25, 0.3) is 0 Å². The minimum Gasteiger partial charge on any atom is -0.367 e. The van der Waals surface area contributed by atoms with E-state index in [2.05, 4.69) is 28.1 Å². The lowest BCUT2D eigenvalue weighted by Crippen LogP contribution is -2.33.